The molecule has 104 valence electrons. The number of thiophene rings is 1. The van der Waals surface area contributed by atoms with E-state index in [1.165, 1.54) is 16.2 Å². The van der Waals surface area contributed by atoms with Crippen molar-refractivity contribution < 1.29 is 14.7 Å². The van der Waals surface area contributed by atoms with E-state index in [0.29, 0.717) is 11.4 Å². The summed E-state index contributed by atoms with van der Waals surface area (Å²) in [5, 5.41) is 11.0. The molecule has 1 aromatic heterocycles. The summed E-state index contributed by atoms with van der Waals surface area (Å²) in [7, 11) is 1.63. The van der Waals surface area contributed by atoms with Gasteiger partial charge in [0.1, 0.15) is 0 Å². The molecule has 2 rings (SSSR count). The van der Waals surface area contributed by atoms with Crippen LogP contribution >= 0.6 is 11.3 Å². The third-order valence-electron chi connectivity index (χ3n) is 3.36. The Morgan fingerprint density at radius 1 is 1.58 bits per heavy atom. The van der Waals surface area contributed by atoms with Crippen LogP contribution in [0.1, 0.15) is 22.5 Å². The Labute approximate surface area is 116 Å². The maximum absolute atomic E-state index is 12.1. The Balaban J connectivity index is 1.93. The van der Waals surface area contributed by atoms with Crippen molar-refractivity contribution in [3.05, 3.63) is 22.4 Å². The lowest BCUT2D eigenvalue weighted by Gasteiger charge is -2.25. The highest BCUT2D eigenvalue weighted by Gasteiger charge is 2.29. The Kier molecular flexibility index (Phi) is 4.55. The number of likely N-dealkylation sites (N-methyl/N-ethyl adjacent to an activating group) is 1. The van der Waals surface area contributed by atoms with Gasteiger partial charge < -0.3 is 14.9 Å². The molecule has 0 aromatic carbocycles. The second-order valence-corrected chi connectivity index (χ2v) is 5.65. The number of hydrogen-bond acceptors (Lipinski definition) is 4. The van der Waals surface area contributed by atoms with E-state index < -0.39 is 0 Å². The lowest BCUT2D eigenvalue weighted by molar-refractivity contribution is -0.133. The van der Waals surface area contributed by atoms with Crippen LogP contribution in [0.5, 0.6) is 0 Å². The topological polar surface area (TPSA) is 60.9 Å². The Hall–Kier alpha value is -1.40. The van der Waals surface area contributed by atoms with E-state index in [0.717, 1.165) is 12.8 Å². The van der Waals surface area contributed by atoms with E-state index in [9.17, 15) is 14.7 Å². The van der Waals surface area contributed by atoms with Crippen LogP contribution < -0.4 is 0 Å². The molecule has 2 heterocycles. The highest BCUT2D eigenvalue weighted by molar-refractivity contribution is 7.12. The first-order valence-electron chi connectivity index (χ1n) is 6.32. The van der Waals surface area contributed by atoms with Crippen molar-refractivity contribution in [2.24, 2.45) is 0 Å². The number of rotatable bonds is 4. The lowest BCUT2D eigenvalue weighted by Crippen LogP contribution is -2.44. The quantitative estimate of drug-likeness (QED) is 0.888. The molecule has 6 heteroatoms. The van der Waals surface area contributed by atoms with Crippen LogP contribution in [0.2, 0.25) is 0 Å². The monoisotopic (exact) mass is 282 g/mol. The zero-order valence-corrected chi connectivity index (χ0v) is 11.7. The van der Waals surface area contributed by atoms with Crippen molar-refractivity contribution >= 4 is 23.2 Å². The minimum absolute atomic E-state index is 0.00563. The number of aliphatic hydroxyl groups excluding tert-OH is 1. The number of likely N-dealkylation sites (tertiary alicyclic amines) is 1. The van der Waals surface area contributed by atoms with E-state index in [1.807, 2.05) is 11.4 Å². The molecule has 0 spiro atoms. The third kappa shape index (κ3) is 3.13. The largest absolute Gasteiger partial charge is 0.394 e. The average molecular weight is 282 g/mol. The predicted molar refractivity (Wildman–Crippen MR) is 73.1 cm³/mol. The fourth-order valence-corrected chi connectivity index (χ4v) is 3.03. The van der Waals surface area contributed by atoms with Gasteiger partial charge in [-0.2, -0.15) is 0 Å². The normalized spacial score (nSPS) is 18.6. The summed E-state index contributed by atoms with van der Waals surface area (Å²) < 4.78 is 0. The van der Waals surface area contributed by atoms with E-state index in [4.69, 9.17) is 0 Å². The molecule has 1 saturated heterocycles. The second kappa shape index (κ2) is 6.16. The maximum atomic E-state index is 12.1. The maximum Gasteiger partial charge on any atom is 0.264 e. The van der Waals surface area contributed by atoms with Crippen molar-refractivity contribution in [3.8, 4) is 0 Å². The van der Waals surface area contributed by atoms with Crippen LogP contribution in [-0.2, 0) is 4.79 Å². The van der Waals surface area contributed by atoms with Crippen LogP contribution in [-0.4, -0.2) is 59.5 Å². The summed E-state index contributed by atoms with van der Waals surface area (Å²) in [6.45, 7) is 0.729. The van der Waals surface area contributed by atoms with E-state index in [2.05, 4.69) is 0 Å². The third-order valence-corrected chi connectivity index (χ3v) is 4.22. The highest BCUT2D eigenvalue weighted by Crippen LogP contribution is 2.17. The predicted octanol–water partition coefficient (Wildman–Crippen LogP) is 0.803. The van der Waals surface area contributed by atoms with Crippen LogP contribution in [0.4, 0.5) is 0 Å². The number of amides is 2. The molecule has 1 unspecified atom stereocenters. The van der Waals surface area contributed by atoms with Crippen molar-refractivity contribution in [1.29, 1.82) is 0 Å². The van der Waals surface area contributed by atoms with Crippen LogP contribution in [0.25, 0.3) is 0 Å². The summed E-state index contributed by atoms with van der Waals surface area (Å²) in [5.41, 5.74) is 0. The summed E-state index contributed by atoms with van der Waals surface area (Å²) in [4.78, 5) is 27.9. The molecule has 1 fully saturated rings. The van der Waals surface area contributed by atoms with Crippen molar-refractivity contribution in [2.75, 3.05) is 26.7 Å². The SMILES string of the molecule is CN(CC(=O)N1CCCC1CO)C(=O)c1cccs1. The van der Waals surface area contributed by atoms with Gasteiger partial charge in [0.25, 0.3) is 5.91 Å². The van der Waals surface area contributed by atoms with Gasteiger partial charge in [-0.25, -0.2) is 0 Å². The molecule has 0 saturated carbocycles. The fourth-order valence-electron chi connectivity index (χ4n) is 2.31. The molecule has 1 aromatic rings. The molecule has 1 aliphatic rings. The van der Waals surface area contributed by atoms with Crippen LogP contribution in [0.15, 0.2) is 17.5 Å². The Morgan fingerprint density at radius 3 is 3.00 bits per heavy atom. The molecule has 0 radical (unpaired) electrons. The first-order valence-corrected chi connectivity index (χ1v) is 7.20. The molecule has 1 atom stereocenters. The molecular formula is C13H18N2O3S. The van der Waals surface area contributed by atoms with E-state index in [-0.39, 0.29) is 31.0 Å². The molecule has 1 aliphatic heterocycles. The van der Waals surface area contributed by atoms with Crippen LogP contribution in [0, 0.1) is 0 Å². The van der Waals surface area contributed by atoms with Gasteiger partial charge in [-0.05, 0) is 24.3 Å². The number of aliphatic hydroxyl groups is 1. The molecule has 2 amide bonds. The summed E-state index contributed by atoms with van der Waals surface area (Å²) >= 11 is 1.37. The summed E-state index contributed by atoms with van der Waals surface area (Å²) in [6.07, 6.45) is 1.75. The van der Waals surface area contributed by atoms with Gasteiger partial charge in [0.15, 0.2) is 0 Å². The Bertz CT molecular complexity index is 447. The van der Waals surface area contributed by atoms with Gasteiger partial charge in [-0.15, -0.1) is 11.3 Å². The minimum Gasteiger partial charge on any atom is -0.394 e. The number of carbonyl (C=O) groups excluding carboxylic acids is 2. The van der Waals surface area contributed by atoms with Gasteiger partial charge in [-0.1, -0.05) is 6.07 Å². The summed E-state index contributed by atoms with van der Waals surface area (Å²) in [6, 6.07) is 3.48. The molecular weight excluding hydrogens is 264 g/mol. The zero-order chi connectivity index (χ0) is 13.8. The average Bonchev–Trinajstić information content (AvgIpc) is 3.08. The molecule has 0 aliphatic carbocycles. The van der Waals surface area contributed by atoms with Gasteiger partial charge in [0.2, 0.25) is 5.91 Å². The molecule has 19 heavy (non-hydrogen) atoms. The van der Waals surface area contributed by atoms with Gasteiger partial charge in [0, 0.05) is 13.6 Å². The van der Waals surface area contributed by atoms with Crippen molar-refractivity contribution in [2.45, 2.75) is 18.9 Å². The van der Waals surface area contributed by atoms with Crippen LogP contribution in [0.3, 0.4) is 0 Å². The minimum atomic E-state index is -0.136. The lowest BCUT2D eigenvalue weighted by atomic mass is 10.2. The molecule has 5 nitrogen and oxygen atoms in total. The first-order chi connectivity index (χ1) is 9.13. The standard InChI is InChI=1S/C13H18N2O3S/c1-14(13(18)11-5-3-7-19-11)8-12(17)15-6-2-4-10(15)9-16/h3,5,7,10,16H,2,4,6,8-9H2,1H3. The number of carbonyl (C=O) groups is 2. The first kappa shape index (κ1) is 14.0. The highest BCUT2D eigenvalue weighted by atomic mass is 32.1. The smallest absolute Gasteiger partial charge is 0.264 e. The fraction of sp³-hybridized carbons (Fsp3) is 0.538. The van der Waals surface area contributed by atoms with Crippen molar-refractivity contribution in [3.63, 3.8) is 0 Å². The molecule has 0 bridgehead atoms. The second-order valence-electron chi connectivity index (χ2n) is 4.70. The number of nitrogens with zero attached hydrogens (tertiary/aromatic N) is 2. The zero-order valence-electron chi connectivity index (χ0n) is 10.9. The van der Waals surface area contributed by atoms with Crippen molar-refractivity contribution in [1.82, 2.24) is 9.80 Å². The van der Waals surface area contributed by atoms with Gasteiger partial charge in [-0.3, -0.25) is 9.59 Å². The van der Waals surface area contributed by atoms with E-state index in [1.54, 1.807) is 18.0 Å². The molecule has 1 N–H and O–H groups in total. The Morgan fingerprint density at radius 2 is 2.37 bits per heavy atom. The summed E-state index contributed by atoms with van der Waals surface area (Å²) in [5.74, 6) is -0.230. The van der Waals surface area contributed by atoms with E-state index >= 15 is 0 Å². The number of hydrogen-bond donors (Lipinski definition) is 1. The van der Waals surface area contributed by atoms with Gasteiger partial charge >= 0.3 is 0 Å². The van der Waals surface area contributed by atoms with Gasteiger partial charge in [0.05, 0.1) is 24.1 Å².